The number of carbonyl (C=O) groups is 5. The molecule has 1 aliphatic carbocycles. The van der Waals surface area contributed by atoms with E-state index in [1.54, 1.807) is 41.1 Å². The number of hydrogen-bond donors (Lipinski definition) is 2. The lowest BCUT2D eigenvalue weighted by Gasteiger charge is -2.43. The number of fused-ring (bicyclic) bond motifs is 3. The van der Waals surface area contributed by atoms with Crippen LogP contribution in [-0.4, -0.2) is 184 Å². The molecule has 0 aromatic carbocycles. The third-order valence-corrected chi connectivity index (χ3v) is 17.1. The molecule has 442 valence electrons. The van der Waals surface area contributed by atoms with Gasteiger partial charge in [0.15, 0.2) is 5.78 Å². The van der Waals surface area contributed by atoms with Crippen LogP contribution in [0.4, 0.5) is 0 Å². The Morgan fingerprint density at radius 1 is 0.821 bits per heavy atom. The number of methoxy groups -OCH3 is 3. The minimum Gasteiger partial charge on any atom is -0.460 e. The third-order valence-electron chi connectivity index (χ3n) is 17.1. The van der Waals surface area contributed by atoms with Crippen molar-refractivity contribution in [3.8, 4) is 0 Å². The number of nitrogens with zero attached hydrogens (tertiary/aromatic N) is 2. The summed E-state index contributed by atoms with van der Waals surface area (Å²) in [5.74, 6) is -7.94. The van der Waals surface area contributed by atoms with E-state index in [1.807, 2.05) is 58.1 Å². The second kappa shape index (κ2) is 32.2. The summed E-state index contributed by atoms with van der Waals surface area (Å²) in [4.78, 5) is 75.6. The first-order valence-corrected chi connectivity index (χ1v) is 29.2. The van der Waals surface area contributed by atoms with Crippen LogP contribution in [0.3, 0.4) is 0 Å². The number of aliphatic hydroxyl groups is 2. The number of amides is 1. The van der Waals surface area contributed by atoms with Gasteiger partial charge in [-0.2, -0.15) is 0 Å². The predicted octanol–water partition coefficient (Wildman–Crippen LogP) is 7.33. The van der Waals surface area contributed by atoms with E-state index in [0.29, 0.717) is 57.3 Å². The van der Waals surface area contributed by atoms with Crippen LogP contribution in [0, 0.1) is 35.5 Å². The highest BCUT2D eigenvalue weighted by atomic mass is 16.6. The molecule has 1 saturated carbocycles. The molecule has 0 spiro atoms. The van der Waals surface area contributed by atoms with E-state index in [4.69, 9.17) is 37.9 Å². The zero-order chi connectivity index (χ0) is 57.1. The summed E-state index contributed by atoms with van der Waals surface area (Å²) in [6, 6.07) is -1.15. The number of allylic oxidation sites excluding steroid dienone is 6. The topological polar surface area (TPSA) is 206 Å². The number of ketones is 3. The molecule has 17 nitrogen and oxygen atoms in total. The fourth-order valence-corrected chi connectivity index (χ4v) is 12.1. The summed E-state index contributed by atoms with van der Waals surface area (Å²) in [5, 5.41) is 23.8. The third kappa shape index (κ3) is 18.8. The second-order valence-electron chi connectivity index (χ2n) is 23.4. The molecule has 5 rings (SSSR count). The van der Waals surface area contributed by atoms with Gasteiger partial charge in [-0.15, -0.1) is 0 Å². The van der Waals surface area contributed by atoms with E-state index < -0.39 is 77.8 Å². The summed E-state index contributed by atoms with van der Waals surface area (Å²) in [5.41, 5.74) is 1.26. The lowest BCUT2D eigenvalue weighted by Crippen LogP contribution is -2.61. The maximum Gasteiger partial charge on any atom is 0.329 e. The molecule has 2 bridgehead atoms. The van der Waals surface area contributed by atoms with Gasteiger partial charge in [0.05, 0.1) is 50.3 Å². The first-order valence-electron chi connectivity index (χ1n) is 29.2. The molecule has 0 aromatic rings. The summed E-state index contributed by atoms with van der Waals surface area (Å²) < 4.78 is 48.0. The van der Waals surface area contributed by atoms with Crippen LogP contribution < -0.4 is 0 Å². The quantitative estimate of drug-likeness (QED) is 0.0756. The molecule has 0 radical (unpaired) electrons. The van der Waals surface area contributed by atoms with Crippen LogP contribution in [0.2, 0.25) is 0 Å². The molecule has 16 atom stereocenters. The molecular weight excluding hydrogens is 1000 g/mol. The number of morpholine rings is 1. The highest BCUT2D eigenvalue weighted by Gasteiger charge is 2.53. The number of rotatable bonds is 14. The number of carbonyl (C=O) groups excluding carboxylic acids is 5. The first-order chi connectivity index (χ1) is 37.2. The van der Waals surface area contributed by atoms with Crippen molar-refractivity contribution in [2.45, 2.75) is 200 Å². The van der Waals surface area contributed by atoms with Gasteiger partial charge in [-0.25, -0.2) is 4.79 Å². The van der Waals surface area contributed by atoms with E-state index in [9.17, 15) is 34.2 Å². The lowest BCUT2D eigenvalue weighted by atomic mass is 9.78. The summed E-state index contributed by atoms with van der Waals surface area (Å²) in [7, 11) is 4.68. The van der Waals surface area contributed by atoms with Crippen LogP contribution in [0.15, 0.2) is 47.6 Å². The molecule has 1 amide bonds. The summed E-state index contributed by atoms with van der Waals surface area (Å²) in [6.45, 7) is 19.8. The maximum atomic E-state index is 14.7. The fourth-order valence-electron chi connectivity index (χ4n) is 12.1. The number of cyclic esters (lactones) is 1. The molecule has 0 aromatic heterocycles. The van der Waals surface area contributed by atoms with Crippen molar-refractivity contribution in [1.82, 2.24) is 9.80 Å². The monoisotopic (exact) mass is 1100 g/mol. The van der Waals surface area contributed by atoms with Gasteiger partial charge in [0.25, 0.3) is 11.7 Å². The Morgan fingerprint density at radius 3 is 2.31 bits per heavy atom. The van der Waals surface area contributed by atoms with Gasteiger partial charge >= 0.3 is 5.97 Å². The van der Waals surface area contributed by atoms with Crippen LogP contribution in [0.25, 0.3) is 0 Å². The van der Waals surface area contributed by atoms with Crippen molar-refractivity contribution in [1.29, 1.82) is 0 Å². The Bertz CT molecular complexity index is 2060. The van der Waals surface area contributed by atoms with Crippen molar-refractivity contribution in [3.63, 3.8) is 0 Å². The van der Waals surface area contributed by atoms with Gasteiger partial charge in [-0.1, -0.05) is 71.1 Å². The molecule has 5 aliphatic rings. The first kappa shape index (κ1) is 65.3. The van der Waals surface area contributed by atoms with E-state index in [2.05, 4.69) is 11.8 Å². The predicted molar refractivity (Wildman–Crippen MR) is 296 cm³/mol. The van der Waals surface area contributed by atoms with E-state index >= 15 is 0 Å². The highest BCUT2D eigenvalue weighted by Crippen LogP contribution is 2.38. The Hall–Kier alpha value is -3.49. The van der Waals surface area contributed by atoms with Gasteiger partial charge in [0, 0.05) is 84.7 Å². The molecule has 4 fully saturated rings. The van der Waals surface area contributed by atoms with E-state index in [-0.39, 0.29) is 80.0 Å². The molecule has 17 heteroatoms. The zero-order valence-electron chi connectivity index (χ0n) is 49.1. The maximum absolute atomic E-state index is 14.7. The van der Waals surface area contributed by atoms with E-state index in [1.165, 1.54) is 12.0 Å². The minimum atomic E-state index is -2.46. The Labute approximate surface area is 466 Å². The Balaban J connectivity index is 1.41. The Kier molecular flexibility index (Phi) is 27.0. The van der Waals surface area contributed by atoms with Crippen LogP contribution in [0.5, 0.6) is 0 Å². The van der Waals surface area contributed by atoms with Crippen LogP contribution >= 0.6 is 0 Å². The standard InChI is InChI=1S/C61H98N2O15/c1-39-18-13-12-14-19-40(2)52(76-31-30-71-9)36-48-23-21-45(7)61(70,78-48)58(67)59(68)63-26-16-15-20-49(63)60(69)77-53(37-50(64)41(3)33-44(6)56(66)57(73-11)55(65)43(5)32-39)42(4)34-47-22-24-51(54(35-47)72-10)75-28-17-25-62-27-29-74-46(8)38-62/h12-14,18-19,33,39,41-43,45-49,51-54,56-57,66,70H,15-17,20-32,34-38H2,1-11H3/b14-12+,18-13+,40-19+,44-33+/t39-,41-,42-,43-,45-,46-,47+,48+,49+,51-,52+,53+,54-,56-,57+,61-/m1/s1. The van der Waals surface area contributed by atoms with Crippen molar-refractivity contribution >= 4 is 29.2 Å². The molecule has 78 heavy (non-hydrogen) atoms. The van der Waals surface area contributed by atoms with Gasteiger partial charge in [-0.05, 0) is 120 Å². The summed E-state index contributed by atoms with van der Waals surface area (Å²) in [6.07, 6.45) is 13.5. The smallest absolute Gasteiger partial charge is 0.329 e. The average molecular weight is 1100 g/mol. The van der Waals surface area contributed by atoms with Crippen molar-refractivity contribution < 1.29 is 72.1 Å². The van der Waals surface area contributed by atoms with Crippen LogP contribution in [-0.2, 0) is 61.9 Å². The number of esters is 1. The van der Waals surface area contributed by atoms with Gasteiger partial charge in [0.2, 0.25) is 5.79 Å². The fraction of sp³-hybridized carbons (Fsp3) is 0.787. The van der Waals surface area contributed by atoms with Gasteiger partial charge in [-0.3, -0.25) is 24.1 Å². The van der Waals surface area contributed by atoms with Crippen molar-refractivity contribution in [3.05, 3.63) is 47.6 Å². The van der Waals surface area contributed by atoms with E-state index in [0.717, 1.165) is 57.5 Å². The normalized spacial score (nSPS) is 38.1. The van der Waals surface area contributed by atoms with Crippen molar-refractivity contribution in [2.75, 3.05) is 73.9 Å². The highest BCUT2D eigenvalue weighted by molar-refractivity contribution is 6.39. The Morgan fingerprint density at radius 2 is 1.59 bits per heavy atom. The molecule has 0 unspecified atom stereocenters. The van der Waals surface area contributed by atoms with Crippen LogP contribution in [0.1, 0.15) is 139 Å². The molecule has 4 aliphatic heterocycles. The molecular formula is C61H98N2O15. The molecule has 2 N–H and O–H groups in total. The van der Waals surface area contributed by atoms with Gasteiger partial charge < -0.3 is 53.0 Å². The number of Topliss-reactive ketones (excluding diaryl/α,β-unsaturated/α-hetero) is 3. The summed E-state index contributed by atoms with van der Waals surface area (Å²) >= 11 is 0. The number of ether oxygens (including phenoxy) is 8. The average Bonchev–Trinajstić information content (AvgIpc) is 3.44. The van der Waals surface area contributed by atoms with Gasteiger partial charge in [0.1, 0.15) is 30.1 Å². The number of aliphatic hydroxyl groups excluding tert-OH is 1. The number of hydrogen-bond acceptors (Lipinski definition) is 16. The number of piperidine rings is 1. The largest absolute Gasteiger partial charge is 0.460 e. The zero-order valence-corrected chi connectivity index (χ0v) is 49.1. The molecule has 3 saturated heterocycles. The van der Waals surface area contributed by atoms with Crippen molar-refractivity contribution in [2.24, 2.45) is 35.5 Å². The molecule has 4 heterocycles. The minimum absolute atomic E-state index is 0.00343. The second-order valence-corrected chi connectivity index (χ2v) is 23.4. The lowest BCUT2D eigenvalue weighted by molar-refractivity contribution is -0.266. The SMILES string of the molecule is COCCO[C@H]1C[C@@H]2CC[C@@H](C)[C@@](O)(O2)C(=O)C(=O)N2CCCC[C@H]2C(=O)O[C@H]([C@H](C)C[C@@H]2CC[C@@H](OCCCN3CCO[C@H](C)C3)[C@H](OC)C2)CC(=O)[C@H](C)/C=C(\C)[C@@H](O)[C@@H](OC)C(=O)[C@H](C)C[C@H](C)/C=C/C=C/C=C/1C.